The van der Waals surface area contributed by atoms with Gasteiger partial charge >= 0.3 is 0 Å². The van der Waals surface area contributed by atoms with Crippen molar-refractivity contribution in [2.45, 2.75) is 13.5 Å². The molecule has 4 nitrogen and oxygen atoms in total. The Morgan fingerprint density at radius 3 is 2.62 bits per heavy atom. The molecule has 134 valence electrons. The molecule has 3 aromatic rings. The molecule has 0 fully saturated rings. The Kier molecular flexibility index (Phi) is 6.01. The van der Waals surface area contributed by atoms with Crippen molar-refractivity contribution >= 4 is 33.4 Å². The number of carbonyl (C=O) groups is 1. The van der Waals surface area contributed by atoms with Crippen molar-refractivity contribution in [1.82, 2.24) is 5.32 Å². The third-order valence-corrected chi connectivity index (χ3v) is 4.53. The second-order valence-electron chi connectivity index (χ2n) is 5.53. The van der Waals surface area contributed by atoms with Crippen molar-refractivity contribution in [3.05, 3.63) is 75.4 Å². The van der Waals surface area contributed by atoms with E-state index >= 15 is 0 Å². The van der Waals surface area contributed by atoms with Crippen LogP contribution < -0.4 is 10.1 Å². The molecule has 2 aromatic carbocycles. The van der Waals surface area contributed by atoms with Gasteiger partial charge in [0.05, 0.1) is 18.2 Å². The lowest BCUT2D eigenvalue weighted by atomic mass is 10.2. The summed E-state index contributed by atoms with van der Waals surface area (Å²) in [6.45, 7) is 2.69. The summed E-state index contributed by atoms with van der Waals surface area (Å²) in [6, 6.07) is 16.5. The van der Waals surface area contributed by atoms with Gasteiger partial charge in [0.2, 0.25) is 0 Å². The molecule has 0 aliphatic rings. The van der Waals surface area contributed by atoms with Gasteiger partial charge in [0, 0.05) is 15.6 Å². The molecule has 0 saturated carbocycles. The monoisotopic (exact) mass is 433 g/mol. The average molecular weight is 435 g/mol. The van der Waals surface area contributed by atoms with E-state index in [4.69, 9.17) is 20.8 Å². The molecular formula is C20H17BrClNO3. The minimum Gasteiger partial charge on any atom is -0.492 e. The van der Waals surface area contributed by atoms with Gasteiger partial charge in [-0.3, -0.25) is 4.79 Å². The van der Waals surface area contributed by atoms with Crippen molar-refractivity contribution in [3.63, 3.8) is 0 Å². The molecule has 0 unspecified atom stereocenters. The number of furan rings is 1. The van der Waals surface area contributed by atoms with E-state index in [0.717, 1.165) is 15.8 Å². The predicted molar refractivity (Wildman–Crippen MR) is 106 cm³/mol. The minimum atomic E-state index is -0.225. The lowest BCUT2D eigenvalue weighted by molar-refractivity contribution is 0.0948. The fraction of sp³-hybridized carbons (Fsp3) is 0.150. The highest BCUT2D eigenvalue weighted by atomic mass is 79.9. The van der Waals surface area contributed by atoms with Crippen LogP contribution >= 0.6 is 27.5 Å². The Bertz CT molecular complexity index is 906. The van der Waals surface area contributed by atoms with E-state index in [2.05, 4.69) is 21.2 Å². The molecule has 6 heteroatoms. The molecule has 3 rings (SSSR count). The molecular weight excluding hydrogens is 418 g/mol. The third-order valence-electron chi connectivity index (χ3n) is 3.71. The molecule has 1 heterocycles. The minimum absolute atomic E-state index is 0.225. The second-order valence-corrected chi connectivity index (χ2v) is 6.86. The first-order chi connectivity index (χ1) is 12.6. The van der Waals surface area contributed by atoms with Gasteiger partial charge in [-0.15, -0.1) is 0 Å². The number of halogens is 2. The number of hydrogen-bond donors (Lipinski definition) is 1. The molecule has 26 heavy (non-hydrogen) atoms. The summed E-state index contributed by atoms with van der Waals surface area (Å²) in [4.78, 5) is 12.3. The van der Waals surface area contributed by atoms with E-state index in [1.54, 1.807) is 18.2 Å². The van der Waals surface area contributed by atoms with Gasteiger partial charge in [-0.25, -0.2) is 0 Å². The number of carbonyl (C=O) groups excluding carboxylic acids is 1. The van der Waals surface area contributed by atoms with Crippen LogP contribution in [0.1, 0.15) is 23.0 Å². The molecule has 0 aliphatic carbocycles. The lowest BCUT2D eigenvalue weighted by Gasteiger charge is -2.08. The summed E-state index contributed by atoms with van der Waals surface area (Å²) in [5, 5.41) is 3.24. The Balaban J connectivity index is 1.63. The lowest BCUT2D eigenvalue weighted by Crippen LogP contribution is -2.22. The standard InChI is InChI=1S/C20H17BrClNO3/c1-2-25-19-9-5-14(11-17(19)22)20(24)23-12-16-8-10-18(26-16)13-3-6-15(21)7-4-13/h3-11H,2,12H2,1H3,(H,23,24). The van der Waals surface area contributed by atoms with Crippen LogP contribution in [-0.4, -0.2) is 12.5 Å². The summed E-state index contributed by atoms with van der Waals surface area (Å²) in [7, 11) is 0. The molecule has 1 aromatic heterocycles. The van der Waals surface area contributed by atoms with Crippen molar-refractivity contribution in [2.24, 2.45) is 0 Å². The Morgan fingerprint density at radius 2 is 1.92 bits per heavy atom. The highest BCUT2D eigenvalue weighted by Gasteiger charge is 2.11. The summed E-state index contributed by atoms with van der Waals surface area (Å²) in [5.74, 6) is 1.77. The highest BCUT2D eigenvalue weighted by Crippen LogP contribution is 2.26. The van der Waals surface area contributed by atoms with Crippen LogP contribution in [0, 0.1) is 0 Å². The summed E-state index contributed by atoms with van der Waals surface area (Å²) in [5.41, 5.74) is 1.45. The SMILES string of the molecule is CCOc1ccc(C(=O)NCc2ccc(-c3ccc(Br)cc3)o2)cc1Cl. The van der Waals surface area contributed by atoms with Gasteiger partial charge in [0.25, 0.3) is 5.91 Å². The number of amides is 1. The van der Waals surface area contributed by atoms with Crippen LogP contribution in [0.15, 0.2) is 63.5 Å². The summed E-state index contributed by atoms with van der Waals surface area (Å²) in [6.07, 6.45) is 0. The summed E-state index contributed by atoms with van der Waals surface area (Å²) >= 11 is 9.53. The zero-order valence-electron chi connectivity index (χ0n) is 14.1. The molecule has 0 aliphatic heterocycles. The zero-order valence-corrected chi connectivity index (χ0v) is 16.4. The Morgan fingerprint density at radius 1 is 1.15 bits per heavy atom. The fourth-order valence-corrected chi connectivity index (χ4v) is 2.93. The van der Waals surface area contributed by atoms with Gasteiger partial charge in [-0.2, -0.15) is 0 Å². The molecule has 1 amide bonds. The van der Waals surface area contributed by atoms with Crippen LogP contribution in [-0.2, 0) is 6.54 Å². The summed E-state index contributed by atoms with van der Waals surface area (Å²) < 4.78 is 12.2. The normalized spacial score (nSPS) is 10.6. The van der Waals surface area contributed by atoms with Gasteiger partial charge < -0.3 is 14.5 Å². The van der Waals surface area contributed by atoms with Crippen molar-refractivity contribution < 1.29 is 13.9 Å². The first kappa shape index (κ1) is 18.5. The van der Waals surface area contributed by atoms with Gasteiger partial charge in [0.1, 0.15) is 17.3 Å². The van der Waals surface area contributed by atoms with Gasteiger partial charge in [-0.05, 0) is 49.4 Å². The maximum absolute atomic E-state index is 12.3. The van der Waals surface area contributed by atoms with E-state index in [1.807, 2.05) is 43.3 Å². The van der Waals surface area contributed by atoms with Crippen LogP contribution in [0.5, 0.6) is 5.75 Å². The zero-order chi connectivity index (χ0) is 18.5. The van der Waals surface area contributed by atoms with E-state index in [-0.39, 0.29) is 5.91 Å². The molecule has 0 bridgehead atoms. The highest BCUT2D eigenvalue weighted by molar-refractivity contribution is 9.10. The van der Waals surface area contributed by atoms with Gasteiger partial charge in [-0.1, -0.05) is 39.7 Å². The van der Waals surface area contributed by atoms with Crippen molar-refractivity contribution in [2.75, 3.05) is 6.61 Å². The smallest absolute Gasteiger partial charge is 0.251 e. The number of ether oxygens (including phenoxy) is 1. The molecule has 1 N–H and O–H groups in total. The molecule has 0 radical (unpaired) electrons. The van der Waals surface area contributed by atoms with E-state index in [9.17, 15) is 4.79 Å². The van der Waals surface area contributed by atoms with Crippen LogP contribution in [0.4, 0.5) is 0 Å². The number of hydrogen-bond acceptors (Lipinski definition) is 3. The van der Waals surface area contributed by atoms with Crippen molar-refractivity contribution in [3.8, 4) is 17.1 Å². The fourth-order valence-electron chi connectivity index (χ4n) is 2.43. The Labute approximate surface area is 165 Å². The van der Waals surface area contributed by atoms with Gasteiger partial charge in [0.15, 0.2) is 0 Å². The number of benzene rings is 2. The van der Waals surface area contributed by atoms with E-state index < -0.39 is 0 Å². The quantitative estimate of drug-likeness (QED) is 0.542. The topological polar surface area (TPSA) is 51.5 Å². The largest absolute Gasteiger partial charge is 0.492 e. The first-order valence-corrected chi connectivity index (χ1v) is 9.29. The maximum Gasteiger partial charge on any atom is 0.251 e. The average Bonchev–Trinajstić information content (AvgIpc) is 3.11. The third kappa shape index (κ3) is 4.48. The second kappa shape index (κ2) is 8.43. The predicted octanol–water partition coefficient (Wildman–Crippen LogP) is 5.69. The molecule has 0 spiro atoms. The van der Waals surface area contributed by atoms with Crippen LogP contribution in [0.25, 0.3) is 11.3 Å². The first-order valence-electron chi connectivity index (χ1n) is 8.12. The molecule has 0 atom stereocenters. The maximum atomic E-state index is 12.3. The van der Waals surface area contributed by atoms with Crippen LogP contribution in [0.2, 0.25) is 5.02 Å². The van der Waals surface area contributed by atoms with E-state index in [0.29, 0.717) is 35.2 Å². The number of nitrogens with one attached hydrogen (secondary N) is 1. The number of rotatable bonds is 6. The van der Waals surface area contributed by atoms with Crippen LogP contribution in [0.3, 0.4) is 0 Å². The Hall–Kier alpha value is -2.24. The van der Waals surface area contributed by atoms with Crippen molar-refractivity contribution in [1.29, 1.82) is 0 Å². The van der Waals surface area contributed by atoms with E-state index in [1.165, 1.54) is 0 Å². The molecule has 0 saturated heterocycles.